The van der Waals surface area contributed by atoms with Crippen molar-refractivity contribution in [3.05, 3.63) is 41.5 Å². The molecule has 0 bridgehead atoms. The molecule has 0 amide bonds. The highest BCUT2D eigenvalue weighted by Crippen LogP contribution is 2.33. The van der Waals surface area contributed by atoms with Crippen LogP contribution in [0.15, 0.2) is 24.4 Å². The van der Waals surface area contributed by atoms with E-state index in [1.807, 2.05) is 0 Å². The Bertz CT molecular complexity index is 784. The van der Waals surface area contributed by atoms with Crippen molar-refractivity contribution >= 4 is 18.4 Å². The highest BCUT2D eigenvalue weighted by atomic mass is 35.5. The van der Waals surface area contributed by atoms with Crippen LogP contribution in [0.5, 0.6) is 0 Å². The quantitative estimate of drug-likeness (QED) is 0.778. The van der Waals surface area contributed by atoms with Gasteiger partial charge in [0.05, 0.1) is 17.3 Å². The Morgan fingerprint density at radius 1 is 1.19 bits per heavy atom. The number of nitrogens with one attached hydrogen (secondary N) is 2. The van der Waals surface area contributed by atoms with Gasteiger partial charge in [0, 0.05) is 30.4 Å². The molecule has 2 atom stereocenters. The number of anilines is 1. The van der Waals surface area contributed by atoms with Gasteiger partial charge in [-0.25, -0.2) is 18.7 Å². The predicted octanol–water partition coefficient (Wildman–Crippen LogP) is 3.75. The van der Waals surface area contributed by atoms with Crippen LogP contribution in [0, 0.1) is 12.7 Å². The molecule has 0 spiro atoms. The first-order valence-electron chi connectivity index (χ1n) is 7.58. The molecule has 4 nitrogen and oxygen atoms in total. The normalized spacial score (nSPS) is 19.9. The lowest BCUT2D eigenvalue weighted by atomic mass is 10.0. The minimum absolute atomic E-state index is 0. The Hall–Kier alpha value is -2.00. The zero-order chi connectivity index (χ0) is 18.2. The van der Waals surface area contributed by atoms with Gasteiger partial charge in [-0.3, -0.25) is 0 Å². The Labute approximate surface area is 152 Å². The highest BCUT2D eigenvalue weighted by molar-refractivity contribution is 5.85. The van der Waals surface area contributed by atoms with E-state index in [4.69, 9.17) is 0 Å². The summed E-state index contributed by atoms with van der Waals surface area (Å²) >= 11 is 0. The number of hydrogen-bond donors (Lipinski definition) is 2. The van der Waals surface area contributed by atoms with Gasteiger partial charge in [0.15, 0.2) is 0 Å². The summed E-state index contributed by atoms with van der Waals surface area (Å²) in [5, 5.41) is 5.74. The molecule has 1 aliphatic heterocycles. The van der Waals surface area contributed by atoms with Crippen molar-refractivity contribution in [2.24, 2.45) is 0 Å². The van der Waals surface area contributed by atoms with Crippen LogP contribution >= 0.6 is 12.4 Å². The Morgan fingerprint density at radius 3 is 2.46 bits per heavy atom. The molecule has 26 heavy (non-hydrogen) atoms. The molecule has 0 aliphatic carbocycles. The Balaban J connectivity index is 0.00000243. The van der Waals surface area contributed by atoms with Gasteiger partial charge in [0.2, 0.25) is 5.95 Å². The molecule has 1 aliphatic rings. The van der Waals surface area contributed by atoms with E-state index in [0.29, 0.717) is 18.3 Å². The van der Waals surface area contributed by atoms with Crippen molar-refractivity contribution in [2.45, 2.75) is 25.3 Å². The van der Waals surface area contributed by atoms with Crippen LogP contribution < -0.4 is 10.6 Å². The first kappa shape index (κ1) is 20.3. The van der Waals surface area contributed by atoms with Crippen LogP contribution in [-0.4, -0.2) is 35.3 Å². The molecule has 2 aromatic rings. The second-order valence-corrected chi connectivity index (χ2v) is 5.81. The molecule has 1 aromatic heterocycles. The lowest BCUT2D eigenvalue weighted by Crippen LogP contribution is -2.30. The minimum Gasteiger partial charge on any atom is -0.347 e. The molecule has 2 heterocycles. The fourth-order valence-corrected chi connectivity index (χ4v) is 2.67. The first-order valence-corrected chi connectivity index (χ1v) is 7.58. The largest absolute Gasteiger partial charge is 0.416 e. The molecule has 1 fully saturated rings. The van der Waals surface area contributed by atoms with Crippen LogP contribution in [0.3, 0.4) is 0 Å². The molecule has 2 N–H and O–H groups in total. The second kappa shape index (κ2) is 7.71. The minimum atomic E-state index is -4.61. The maximum Gasteiger partial charge on any atom is 0.416 e. The summed E-state index contributed by atoms with van der Waals surface area (Å²) in [5.41, 5.74) is -0.438. The summed E-state index contributed by atoms with van der Waals surface area (Å²) in [5.74, 6) is -0.823. The van der Waals surface area contributed by atoms with Gasteiger partial charge >= 0.3 is 6.18 Å². The Kier molecular flexibility index (Phi) is 6.02. The molecule has 1 aromatic carbocycles. The third kappa shape index (κ3) is 4.21. The SMILES string of the molecule is Cc1nc(N[C@@H]2CNC[C@H]2F)ncc1-c1ccc(C(F)(F)F)cc1F.Cl. The monoisotopic (exact) mass is 394 g/mol. The van der Waals surface area contributed by atoms with Crippen molar-refractivity contribution in [1.82, 2.24) is 15.3 Å². The summed E-state index contributed by atoms with van der Waals surface area (Å²) < 4.78 is 65.6. The molecule has 0 saturated carbocycles. The summed E-state index contributed by atoms with van der Waals surface area (Å²) in [6.07, 6.45) is -4.38. The van der Waals surface area contributed by atoms with Gasteiger partial charge in [0.25, 0.3) is 0 Å². The fraction of sp³-hybridized carbons (Fsp3) is 0.375. The van der Waals surface area contributed by atoms with Crippen LogP contribution in [0.1, 0.15) is 11.3 Å². The van der Waals surface area contributed by atoms with Gasteiger partial charge in [-0.05, 0) is 19.1 Å². The third-order valence-corrected chi connectivity index (χ3v) is 4.02. The molecular formula is C16H16ClF5N4. The van der Waals surface area contributed by atoms with Gasteiger partial charge < -0.3 is 10.6 Å². The van der Waals surface area contributed by atoms with E-state index in [0.717, 1.165) is 12.1 Å². The van der Waals surface area contributed by atoms with E-state index in [9.17, 15) is 22.0 Å². The molecule has 1 saturated heterocycles. The fourth-order valence-electron chi connectivity index (χ4n) is 2.67. The molecular weight excluding hydrogens is 379 g/mol. The molecule has 0 radical (unpaired) electrons. The van der Waals surface area contributed by atoms with Crippen molar-refractivity contribution in [2.75, 3.05) is 18.4 Å². The smallest absolute Gasteiger partial charge is 0.347 e. The number of alkyl halides is 4. The number of aromatic nitrogens is 2. The van der Waals surface area contributed by atoms with E-state index in [1.165, 1.54) is 6.20 Å². The van der Waals surface area contributed by atoms with E-state index >= 15 is 0 Å². The van der Waals surface area contributed by atoms with Gasteiger partial charge in [0.1, 0.15) is 12.0 Å². The van der Waals surface area contributed by atoms with Crippen LogP contribution in [0.4, 0.5) is 27.9 Å². The van der Waals surface area contributed by atoms with Crippen molar-refractivity contribution in [1.29, 1.82) is 0 Å². The molecule has 0 unspecified atom stereocenters. The average molecular weight is 395 g/mol. The van der Waals surface area contributed by atoms with Crippen LogP contribution in [0.2, 0.25) is 0 Å². The number of hydrogen-bond acceptors (Lipinski definition) is 4. The van der Waals surface area contributed by atoms with Crippen molar-refractivity contribution in [3.63, 3.8) is 0 Å². The van der Waals surface area contributed by atoms with Crippen LogP contribution in [-0.2, 0) is 6.18 Å². The number of halogens is 6. The molecule has 10 heteroatoms. The Morgan fingerprint density at radius 2 is 1.92 bits per heavy atom. The van der Waals surface area contributed by atoms with E-state index < -0.39 is 29.8 Å². The average Bonchev–Trinajstić information content (AvgIpc) is 2.92. The zero-order valence-corrected chi connectivity index (χ0v) is 14.4. The highest BCUT2D eigenvalue weighted by Gasteiger charge is 2.31. The number of benzene rings is 1. The van der Waals surface area contributed by atoms with E-state index in [2.05, 4.69) is 20.6 Å². The van der Waals surface area contributed by atoms with Gasteiger partial charge in [-0.2, -0.15) is 13.2 Å². The lowest BCUT2D eigenvalue weighted by Gasteiger charge is -2.15. The molecule has 3 rings (SSSR count). The van der Waals surface area contributed by atoms with Crippen molar-refractivity contribution in [3.8, 4) is 11.1 Å². The topological polar surface area (TPSA) is 49.8 Å². The summed E-state index contributed by atoms with van der Waals surface area (Å²) in [6, 6.07) is 1.84. The number of rotatable bonds is 3. The zero-order valence-electron chi connectivity index (χ0n) is 13.6. The van der Waals surface area contributed by atoms with Crippen LogP contribution in [0.25, 0.3) is 11.1 Å². The number of aryl methyl sites for hydroxylation is 1. The second-order valence-electron chi connectivity index (χ2n) is 5.81. The maximum absolute atomic E-state index is 14.1. The van der Waals surface area contributed by atoms with Gasteiger partial charge in [-0.15, -0.1) is 12.4 Å². The predicted molar refractivity (Wildman–Crippen MR) is 89.6 cm³/mol. The lowest BCUT2D eigenvalue weighted by molar-refractivity contribution is -0.137. The van der Waals surface area contributed by atoms with Gasteiger partial charge in [-0.1, -0.05) is 6.07 Å². The summed E-state index contributed by atoms with van der Waals surface area (Å²) in [7, 11) is 0. The van der Waals surface area contributed by atoms with E-state index in [-0.39, 0.29) is 36.0 Å². The summed E-state index contributed by atoms with van der Waals surface area (Å²) in [6.45, 7) is 2.25. The third-order valence-electron chi connectivity index (χ3n) is 4.02. The standard InChI is InChI=1S/C16H15F5N4.ClH/c1-8-11(10-3-2-9(4-12(10)17)16(19,20)21)5-23-15(24-8)25-14-7-22-6-13(14)18;/h2-5,13-14,22H,6-7H2,1H3,(H,23,24,25);1H/t13-,14-;/m1./s1. The first-order chi connectivity index (χ1) is 11.8. The number of nitrogens with zero attached hydrogens (tertiary/aromatic N) is 2. The van der Waals surface area contributed by atoms with Crippen molar-refractivity contribution < 1.29 is 22.0 Å². The molecule has 142 valence electrons. The van der Waals surface area contributed by atoms with E-state index in [1.54, 1.807) is 6.92 Å². The maximum atomic E-state index is 14.1. The summed E-state index contributed by atoms with van der Waals surface area (Å²) in [4.78, 5) is 8.17.